The number of nitrogens with two attached hydrogens (primary N) is 3. The topological polar surface area (TPSA) is 366 Å². The van der Waals surface area contributed by atoms with Crippen molar-refractivity contribution in [1.29, 1.82) is 0 Å². The van der Waals surface area contributed by atoms with Gasteiger partial charge in [0.05, 0.1) is 19.3 Å². The number of carboxylic acid groups (broad SMARTS) is 1. The normalized spacial score (nSPS) is 13.1. The minimum atomic E-state index is -1.22. The number of carbonyl (C=O) groups is 8. The van der Waals surface area contributed by atoms with Crippen LogP contribution in [0.25, 0.3) is 22.3 Å². The molecule has 6 aromatic carbocycles. The number of nitrogens with one attached hydrogen (secondary N) is 6. The van der Waals surface area contributed by atoms with Crippen molar-refractivity contribution in [2.75, 3.05) is 37.4 Å². The largest absolute Gasteiger partial charge is 0.480 e. The van der Waals surface area contributed by atoms with E-state index in [0.29, 0.717) is 30.5 Å². The molecule has 0 fully saturated rings. The lowest BCUT2D eigenvalue weighted by molar-refractivity contribution is -0.142. The molecule has 0 aliphatic heterocycles. The lowest BCUT2D eigenvalue weighted by atomic mass is 9.89. The Labute approximate surface area is 517 Å². The van der Waals surface area contributed by atoms with Crippen LogP contribution >= 0.6 is 0 Å². The molecule has 472 valence electrons. The van der Waals surface area contributed by atoms with Crippen LogP contribution in [0.15, 0.2) is 146 Å². The highest BCUT2D eigenvalue weighted by Gasteiger charge is 2.34. The van der Waals surface area contributed by atoms with Gasteiger partial charge in [-0.2, -0.15) is 0 Å². The molecule has 8 amide bonds. The highest BCUT2D eigenvalue weighted by molar-refractivity contribution is 5.97. The summed E-state index contributed by atoms with van der Waals surface area (Å²) in [5.41, 5.74) is 27.1. The molecule has 0 saturated heterocycles. The Morgan fingerprint density at radius 1 is 0.506 bits per heavy atom. The zero-order chi connectivity index (χ0) is 64.6. The maximum absolute atomic E-state index is 13.5. The van der Waals surface area contributed by atoms with Gasteiger partial charge < -0.3 is 73.9 Å². The molecule has 0 unspecified atom stereocenters. The lowest BCUT2D eigenvalue weighted by Crippen LogP contribution is -2.54. The fraction of sp³-hybridized carbons (Fsp3) is 0.343. The summed E-state index contributed by atoms with van der Waals surface area (Å²) in [6.07, 6.45) is -0.475. The van der Waals surface area contributed by atoms with Crippen molar-refractivity contribution in [2.45, 2.75) is 103 Å². The summed E-state index contributed by atoms with van der Waals surface area (Å²) in [6, 6.07) is 41.5. The van der Waals surface area contributed by atoms with E-state index in [1.807, 2.05) is 98.8 Å². The molecular formula is C67H81N9O13. The number of benzene rings is 6. The van der Waals surface area contributed by atoms with Crippen LogP contribution in [0.3, 0.4) is 0 Å². The fourth-order valence-electron chi connectivity index (χ4n) is 10.5. The number of ketones is 1. The molecule has 15 N–H and O–H groups in total. The number of hydrogen-bond acceptors (Lipinski definition) is 13. The molecule has 0 bridgehead atoms. The molecule has 2 aliphatic rings. The first-order chi connectivity index (χ1) is 42.7. The van der Waals surface area contributed by atoms with Gasteiger partial charge in [0.25, 0.3) is 0 Å². The van der Waals surface area contributed by atoms with E-state index in [9.17, 15) is 48.6 Å². The van der Waals surface area contributed by atoms with E-state index in [4.69, 9.17) is 31.8 Å². The molecule has 4 atom stereocenters. The Bertz CT molecular complexity index is 3290. The minimum Gasteiger partial charge on any atom is -0.480 e. The van der Waals surface area contributed by atoms with Gasteiger partial charge in [-0.05, 0) is 117 Å². The van der Waals surface area contributed by atoms with Crippen LogP contribution in [-0.2, 0) is 41.9 Å². The van der Waals surface area contributed by atoms with E-state index in [1.54, 1.807) is 62.4 Å². The number of carbonyl (C=O) groups excluding carboxylic acids is 7. The van der Waals surface area contributed by atoms with Gasteiger partial charge in [-0.3, -0.25) is 14.4 Å². The number of nitrogen functional groups attached to an aromatic ring is 1. The highest BCUT2D eigenvalue weighted by Crippen LogP contribution is 2.46. The first-order valence-electron chi connectivity index (χ1n) is 29.5. The van der Waals surface area contributed by atoms with Crippen molar-refractivity contribution in [3.63, 3.8) is 0 Å². The second-order valence-electron chi connectivity index (χ2n) is 22.3. The Balaban J connectivity index is 0.000000252. The molecule has 22 nitrogen and oxygen atoms in total. The minimum absolute atomic E-state index is 0.0805. The first kappa shape index (κ1) is 68.3. The van der Waals surface area contributed by atoms with Crippen molar-refractivity contribution < 1.29 is 63.1 Å². The molecule has 0 spiro atoms. The predicted octanol–water partition coefficient (Wildman–Crippen LogP) is 8.03. The van der Waals surface area contributed by atoms with E-state index in [2.05, 4.69) is 44.0 Å². The fourth-order valence-corrected chi connectivity index (χ4v) is 10.5. The van der Waals surface area contributed by atoms with E-state index < -0.39 is 60.2 Å². The van der Waals surface area contributed by atoms with Gasteiger partial charge in [0.2, 0.25) is 11.8 Å². The summed E-state index contributed by atoms with van der Waals surface area (Å²) in [5.74, 6) is -4.05. The SMILES string of the molecule is CC(C)[C@H](NC(=O)OCC1c2ccccc2-c2ccccc21)C(=O)C[C@@H](CCCNC(N)=O)C(=O)Nc1ccc(CO)cc1.CC(C)[C@H](NC(=O)OCC1c2ccccc2-c2ccccc21)C(=O)N[C@@H](CCCNC(N)=O)C(=O)O.Nc1ccc(CO)cc1. The number of urea groups is 2. The average Bonchev–Trinajstić information content (AvgIpc) is 1.69. The van der Waals surface area contributed by atoms with E-state index in [1.165, 1.54) is 0 Å². The smallest absolute Gasteiger partial charge is 0.407 e. The molecule has 22 heteroatoms. The second kappa shape index (κ2) is 33.9. The van der Waals surface area contributed by atoms with Crippen molar-refractivity contribution in [3.8, 4) is 22.3 Å². The van der Waals surface area contributed by atoms with Crippen LogP contribution < -0.4 is 49.1 Å². The summed E-state index contributed by atoms with van der Waals surface area (Å²) < 4.78 is 11.2. The molecule has 0 aromatic heterocycles. The lowest BCUT2D eigenvalue weighted by Gasteiger charge is -2.24. The molecule has 8 rings (SSSR count). The zero-order valence-corrected chi connectivity index (χ0v) is 50.4. The van der Waals surface area contributed by atoms with Gasteiger partial charge in [-0.15, -0.1) is 0 Å². The molecule has 0 radical (unpaired) electrons. The first-order valence-corrected chi connectivity index (χ1v) is 29.5. The van der Waals surface area contributed by atoms with Gasteiger partial charge in [-0.1, -0.05) is 149 Å². The summed E-state index contributed by atoms with van der Waals surface area (Å²) in [7, 11) is 0. The Kier molecular flexibility index (Phi) is 26.0. The number of hydrogen-bond donors (Lipinski definition) is 12. The maximum atomic E-state index is 13.5. The van der Waals surface area contributed by atoms with Crippen molar-refractivity contribution in [3.05, 3.63) is 179 Å². The standard InChI is InChI=1S/C34H40N4O6.C26H32N4O6.C7H9NO/c1-21(2)31(38-34(43)44-20-29-27-11-5-3-9-25(27)26-10-4-6-12-28(26)29)30(40)18-23(8-7-17-36-33(35)42)32(41)37-24-15-13-22(19-39)14-16-24;1-15(2)22(23(31)29-21(24(32)33)12-7-13-28-25(27)34)30-26(35)36-14-20-18-10-5-3-8-16(18)17-9-4-6-11-19(17)20;8-7-3-1-6(5-9)2-4-7/h3-6,9-16,21,23,29,31,39H,7-8,17-20H2,1-2H3,(H,37,41)(H,38,43)(H3,35,36,42);3-6,8-11,15,20-22H,7,12-14H2,1-2H3,(H,29,31)(H,30,35)(H,32,33)(H3,27,28,34);1-4,9H,5,8H2/t23-,31+;21-,22-;/m10./s1. The summed E-state index contributed by atoms with van der Waals surface area (Å²) in [6.45, 7) is 7.72. The van der Waals surface area contributed by atoms with Crippen LogP contribution in [0.5, 0.6) is 0 Å². The van der Waals surface area contributed by atoms with Crippen LogP contribution in [0, 0.1) is 17.8 Å². The number of rotatable bonds is 26. The number of aliphatic hydroxyl groups is 2. The van der Waals surface area contributed by atoms with Crippen molar-refractivity contribution in [1.82, 2.24) is 26.6 Å². The number of alkyl carbamates (subject to hydrolysis) is 2. The summed E-state index contributed by atoms with van der Waals surface area (Å²) in [5, 5.41) is 42.8. The average molecular weight is 1220 g/mol. The van der Waals surface area contributed by atoms with Crippen LogP contribution in [0.2, 0.25) is 0 Å². The summed E-state index contributed by atoms with van der Waals surface area (Å²) in [4.78, 5) is 98.7. The molecule has 89 heavy (non-hydrogen) atoms. The number of ether oxygens (including phenoxy) is 2. The van der Waals surface area contributed by atoms with Crippen LogP contribution in [0.4, 0.5) is 30.6 Å². The predicted molar refractivity (Wildman–Crippen MR) is 338 cm³/mol. The van der Waals surface area contributed by atoms with Crippen molar-refractivity contribution in [2.24, 2.45) is 29.2 Å². The second-order valence-corrected chi connectivity index (χ2v) is 22.3. The molecular weight excluding hydrogens is 1140 g/mol. The molecule has 0 saturated carbocycles. The summed E-state index contributed by atoms with van der Waals surface area (Å²) >= 11 is 0. The number of aliphatic hydroxyl groups excluding tert-OH is 2. The number of fused-ring (bicyclic) bond motifs is 6. The molecule has 6 aromatic rings. The quantitative estimate of drug-likeness (QED) is 0.0181. The van der Waals surface area contributed by atoms with Gasteiger partial charge >= 0.3 is 30.2 Å². The van der Waals surface area contributed by atoms with Crippen LogP contribution in [-0.4, -0.2) is 108 Å². The monoisotopic (exact) mass is 1220 g/mol. The number of amides is 8. The zero-order valence-electron chi connectivity index (χ0n) is 50.4. The number of aliphatic carboxylic acids is 1. The Morgan fingerprint density at radius 3 is 1.29 bits per heavy atom. The van der Waals surface area contributed by atoms with Crippen LogP contribution in [0.1, 0.15) is 105 Å². The van der Waals surface area contributed by atoms with Gasteiger partial charge in [-0.25, -0.2) is 24.0 Å². The number of anilines is 2. The maximum Gasteiger partial charge on any atom is 0.407 e. The van der Waals surface area contributed by atoms with Gasteiger partial charge in [0.15, 0.2) is 5.78 Å². The Morgan fingerprint density at radius 2 is 0.899 bits per heavy atom. The number of carboxylic acids is 1. The number of primary amides is 2. The highest BCUT2D eigenvalue weighted by atomic mass is 16.6. The molecule has 2 aliphatic carbocycles. The van der Waals surface area contributed by atoms with E-state index in [0.717, 1.165) is 55.8 Å². The van der Waals surface area contributed by atoms with Gasteiger partial charge in [0.1, 0.15) is 25.3 Å². The number of Topliss-reactive ketones (excluding diaryl/α,β-unsaturated/α-hetero) is 1. The third-order valence-electron chi connectivity index (χ3n) is 15.2. The van der Waals surface area contributed by atoms with E-state index >= 15 is 0 Å². The third-order valence-corrected chi connectivity index (χ3v) is 15.2. The third kappa shape index (κ3) is 20.1. The Hall–Kier alpha value is -9.80. The van der Waals surface area contributed by atoms with Crippen molar-refractivity contribution >= 4 is 59.2 Å². The van der Waals surface area contributed by atoms with Gasteiger partial charge in [0, 0.05) is 48.6 Å². The molecule has 0 heterocycles. The van der Waals surface area contributed by atoms with E-state index in [-0.39, 0.29) is 87.7 Å².